The Kier molecular flexibility index (Phi) is 5.70. The summed E-state index contributed by atoms with van der Waals surface area (Å²) in [7, 11) is 0. The summed E-state index contributed by atoms with van der Waals surface area (Å²) in [5.74, 6) is -0.448. The van der Waals surface area contributed by atoms with Crippen molar-refractivity contribution in [2.75, 3.05) is 6.67 Å². The zero-order valence-corrected chi connectivity index (χ0v) is 12.6. The van der Waals surface area contributed by atoms with Gasteiger partial charge in [0.2, 0.25) is 12.3 Å². The molecule has 2 atom stereocenters. The van der Waals surface area contributed by atoms with Crippen molar-refractivity contribution >= 4 is 29.1 Å². The number of nitrogens with zero attached hydrogens (tertiary/aromatic N) is 2. The fourth-order valence-corrected chi connectivity index (χ4v) is 1.93. The maximum Gasteiger partial charge on any atom is 0.253 e. The van der Waals surface area contributed by atoms with Gasteiger partial charge in [-0.25, -0.2) is 4.39 Å². The monoisotopic (exact) mass is 347 g/mol. The fourth-order valence-electron chi connectivity index (χ4n) is 1.80. The Labute approximate surface area is 135 Å². The summed E-state index contributed by atoms with van der Waals surface area (Å²) in [4.78, 5) is 10.0. The van der Waals surface area contributed by atoms with E-state index in [1.807, 2.05) is 0 Å². The molecule has 9 heteroatoms. The van der Waals surface area contributed by atoms with Crippen LogP contribution in [0.2, 0.25) is 0 Å². The van der Waals surface area contributed by atoms with Crippen LogP contribution >= 0.6 is 23.2 Å². The van der Waals surface area contributed by atoms with Gasteiger partial charge < -0.3 is 14.8 Å². The molecule has 2 rings (SSSR count). The second-order valence-electron chi connectivity index (χ2n) is 4.38. The molecule has 0 aliphatic carbocycles. The number of carbonyl (C=O) groups excluding carboxylic acids is 1. The van der Waals surface area contributed by atoms with Crippen molar-refractivity contribution in [2.24, 2.45) is 0 Å². The number of alkyl halides is 3. The van der Waals surface area contributed by atoms with E-state index in [0.29, 0.717) is 17.0 Å². The highest BCUT2D eigenvalue weighted by molar-refractivity contribution is 6.53. The highest BCUT2D eigenvalue weighted by atomic mass is 35.5. The van der Waals surface area contributed by atoms with Gasteiger partial charge in [-0.3, -0.25) is 4.79 Å². The van der Waals surface area contributed by atoms with Crippen LogP contribution in [0.4, 0.5) is 4.39 Å². The molecule has 0 spiro atoms. The first kappa shape index (κ1) is 16.7. The van der Waals surface area contributed by atoms with Crippen molar-refractivity contribution in [1.82, 2.24) is 15.5 Å². The Balaban J connectivity index is 2.10. The Bertz CT molecular complexity index is 608. The summed E-state index contributed by atoms with van der Waals surface area (Å²) in [6, 6.07) is 5.25. The minimum absolute atomic E-state index is 0.323. The lowest BCUT2D eigenvalue weighted by Gasteiger charge is -2.22. The molecule has 0 radical (unpaired) electrons. The van der Waals surface area contributed by atoms with Crippen LogP contribution < -0.4 is 5.32 Å². The molecule has 0 aliphatic heterocycles. The number of halogens is 3. The van der Waals surface area contributed by atoms with Crippen molar-refractivity contribution in [2.45, 2.75) is 17.0 Å². The summed E-state index contributed by atoms with van der Waals surface area (Å²) in [5.41, 5.74) is 1.06. The molecule has 1 aromatic carbocycles. The van der Waals surface area contributed by atoms with E-state index in [1.54, 1.807) is 24.3 Å². The first-order valence-corrected chi connectivity index (χ1v) is 7.09. The number of hydrogen-bond acceptors (Lipinski definition) is 5. The molecule has 0 unspecified atom stereocenters. The number of nitrogens with one attached hydrogen (secondary N) is 1. The second kappa shape index (κ2) is 7.53. The molecule has 2 aromatic rings. The summed E-state index contributed by atoms with van der Waals surface area (Å²) in [6.07, 6.45) is -0.0561. The number of benzene rings is 1. The lowest BCUT2D eigenvalue weighted by Crippen LogP contribution is -2.43. The number of carbonyl (C=O) groups is 1. The van der Waals surface area contributed by atoms with E-state index in [-0.39, 0.29) is 0 Å². The number of amides is 1. The summed E-state index contributed by atoms with van der Waals surface area (Å²) in [6.45, 7) is -0.973. The maximum absolute atomic E-state index is 13.0. The Hall–Kier alpha value is -1.70. The number of hydrogen-bond donors (Lipinski definition) is 2. The van der Waals surface area contributed by atoms with E-state index in [0.717, 1.165) is 0 Å². The molecule has 0 saturated carbocycles. The summed E-state index contributed by atoms with van der Waals surface area (Å²) < 4.78 is 18.1. The van der Waals surface area contributed by atoms with Gasteiger partial charge in [0, 0.05) is 5.56 Å². The number of aliphatic hydroxyl groups excluding tert-OH is 1. The van der Waals surface area contributed by atoms with E-state index < -0.39 is 29.6 Å². The van der Waals surface area contributed by atoms with Crippen molar-refractivity contribution in [1.29, 1.82) is 0 Å². The van der Waals surface area contributed by atoms with Crippen molar-refractivity contribution in [3.05, 3.63) is 36.2 Å². The lowest BCUT2D eigenvalue weighted by atomic mass is 10.0. The summed E-state index contributed by atoms with van der Waals surface area (Å²) in [5, 5.41) is 19.7. The Morgan fingerprint density at radius 2 is 2.05 bits per heavy atom. The molecule has 0 fully saturated rings. The van der Waals surface area contributed by atoms with Crippen LogP contribution in [0.5, 0.6) is 0 Å². The normalized spacial score (nSPS) is 13.9. The van der Waals surface area contributed by atoms with Gasteiger partial charge in [-0.05, 0) is 17.7 Å². The quantitative estimate of drug-likeness (QED) is 0.780. The lowest BCUT2D eigenvalue weighted by molar-refractivity contribution is -0.121. The van der Waals surface area contributed by atoms with Gasteiger partial charge in [0.25, 0.3) is 5.91 Å². The molecule has 6 nitrogen and oxygen atoms in total. The van der Waals surface area contributed by atoms with Crippen LogP contribution in [0.3, 0.4) is 0 Å². The topological polar surface area (TPSA) is 88.2 Å². The standard InChI is InChI=1S/C13H12Cl2FN3O3/c14-11(15)12(21)18-9(5-16)10(20)7-1-3-8(4-2-7)13-19-17-6-22-13/h1-4,6,9-11,20H,5H2,(H,18,21)/t9-,10-/m1/s1. The zero-order valence-electron chi connectivity index (χ0n) is 11.1. The van der Waals surface area contributed by atoms with Crippen LogP contribution in [-0.4, -0.2) is 38.8 Å². The number of rotatable bonds is 6. The molecule has 22 heavy (non-hydrogen) atoms. The SMILES string of the molecule is O=C(N[C@H](CF)[C@H](O)c1ccc(-c2nnco2)cc1)C(Cl)Cl. The predicted molar refractivity (Wildman–Crippen MR) is 78.1 cm³/mol. The van der Waals surface area contributed by atoms with E-state index in [2.05, 4.69) is 15.5 Å². The van der Waals surface area contributed by atoms with Crippen molar-refractivity contribution in [3.63, 3.8) is 0 Å². The first-order chi connectivity index (χ1) is 10.5. The van der Waals surface area contributed by atoms with E-state index >= 15 is 0 Å². The van der Waals surface area contributed by atoms with Gasteiger partial charge in [-0.1, -0.05) is 35.3 Å². The zero-order chi connectivity index (χ0) is 16.1. The van der Waals surface area contributed by atoms with Crippen LogP contribution in [0.15, 0.2) is 35.1 Å². The van der Waals surface area contributed by atoms with Gasteiger partial charge >= 0.3 is 0 Å². The summed E-state index contributed by atoms with van der Waals surface area (Å²) >= 11 is 10.8. The third-order valence-corrected chi connectivity index (χ3v) is 3.33. The molecule has 0 saturated heterocycles. The van der Waals surface area contributed by atoms with Crippen LogP contribution in [0.25, 0.3) is 11.5 Å². The van der Waals surface area contributed by atoms with Gasteiger partial charge in [0.05, 0.1) is 6.04 Å². The van der Waals surface area contributed by atoms with E-state index in [9.17, 15) is 14.3 Å². The molecule has 1 heterocycles. The van der Waals surface area contributed by atoms with Crippen molar-refractivity contribution < 1.29 is 18.7 Å². The molecule has 0 aliphatic rings. The highest BCUT2D eigenvalue weighted by Gasteiger charge is 2.25. The van der Waals surface area contributed by atoms with Crippen molar-refractivity contribution in [3.8, 4) is 11.5 Å². The number of aliphatic hydroxyl groups is 1. The smallest absolute Gasteiger partial charge is 0.253 e. The van der Waals surface area contributed by atoms with E-state index in [1.165, 1.54) is 6.39 Å². The molecular formula is C13H12Cl2FN3O3. The fraction of sp³-hybridized carbons (Fsp3) is 0.308. The molecule has 2 N–H and O–H groups in total. The second-order valence-corrected chi connectivity index (χ2v) is 5.48. The number of aromatic nitrogens is 2. The third kappa shape index (κ3) is 3.94. The third-order valence-electron chi connectivity index (χ3n) is 2.93. The predicted octanol–water partition coefficient (Wildman–Crippen LogP) is 2.03. The van der Waals surface area contributed by atoms with Crippen LogP contribution in [-0.2, 0) is 4.79 Å². The Morgan fingerprint density at radius 1 is 1.36 bits per heavy atom. The van der Waals surface area contributed by atoms with Gasteiger partial charge in [-0.15, -0.1) is 10.2 Å². The average Bonchev–Trinajstić information content (AvgIpc) is 3.06. The van der Waals surface area contributed by atoms with Gasteiger partial charge in [0.1, 0.15) is 12.8 Å². The van der Waals surface area contributed by atoms with Crippen LogP contribution in [0, 0.1) is 0 Å². The minimum Gasteiger partial charge on any atom is -0.423 e. The first-order valence-electron chi connectivity index (χ1n) is 6.22. The molecule has 1 aromatic heterocycles. The molecular weight excluding hydrogens is 336 g/mol. The molecule has 118 valence electrons. The van der Waals surface area contributed by atoms with Gasteiger partial charge in [0.15, 0.2) is 4.84 Å². The highest BCUT2D eigenvalue weighted by Crippen LogP contribution is 2.22. The van der Waals surface area contributed by atoms with Gasteiger partial charge in [-0.2, -0.15) is 0 Å². The molecule has 1 amide bonds. The Morgan fingerprint density at radius 3 is 2.55 bits per heavy atom. The largest absolute Gasteiger partial charge is 0.423 e. The average molecular weight is 348 g/mol. The van der Waals surface area contributed by atoms with Crippen LogP contribution in [0.1, 0.15) is 11.7 Å². The minimum atomic E-state index is -1.33. The molecule has 0 bridgehead atoms. The maximum atomic E-state index is 13.0. The van der Waals surface area contributed by atoms with E-state index in [4.69, 9.17) is 27.6 Å².